The van der Waals surface area contributed by atoms with Crippen molar-refractivity contribution in [2.45, 2.75) is 45.9 Å². The fraction of sp³-hybridized carbons (Fsp3) is 0.394. The third-order valence-electron chi connectivity index (χ3n) is 9.07. The molecule has 7 rings (SSSR count). The van der Waals surface area contributed by atoms with Crippen molar-refractivity contribution in [3.63, 3.8) is 0 Å². The zero-order valence-electron chi connectivity index (χ0n) is 26.0. The summed E-state index contributed by atoms with van der Waals surface area (Å²) in [4.78, 5) is 59.8. The standard InChI is InChI=1S/C33H33BrN8O5/c1-19(43)31-24-9-25(22-12-35-20(2)36-13-22)37-14-27(24)42(40-31)16-30(44)41-15-23-10-33(23)11-26(41)32(45)39-29-8-21(7-28(34)38-29)17-46-5-3-4-6-47-18-33/h3-4,7-9,12-14,23,26H,5-6,10-11,15-18H2,1-2H3,(H,38,39,45)/t23-,26-,33-/m0/s1. The molecular weight excluding hydrogens is 668 g/mol. The van der Waals surface area contributed by atoms with Crippen LogP contribution in [0.3, 0.4) is 0 Å². The zero-order chi connectivity index (χ0) is 32.7. The molecule has 6 heterocycles. The second-order valence-electron chi connectivity index (χ2n) is 12.4. The molecule has 242 valence electrons. The fourth-order valence-corrected chi connectivity index (χ4v) is 7.00. The summed E-state index contributed by atoms with van der Waals surface area (Å²) in [7, 11) is 0. The average Bonchev–Trinajstić information content (AvgIpc) is 3.64. The van der Waals surface area contributed by atoms with E-state index < -0.39 is 6.04 Å². The highest BCUT2D eigenvalue weighted by atomic mass is 79.9. The molecule has 3 aliphatic rings. The van der Waals surface area contributed by atoms with Crippen LogP contribution in [0.15, 0.2) is 53.5 Å². The molecule has 1 spiro atoms. The number of aromatic nitrogens is 6. The van der Waals surface area contributed by atoms with Crippen molar-refractivity contribution < 1.29 is 23.9 Å². The van der Waals surface area contributed by atoms with Gasteiger partial charge in [0.25, 0.3) is 0 Å². The van der Waals surface area contributed by atoms with Crippen LogP contribution in [0.1, 0.15) is 41.6 Å². The van der Waals surface area contributed by atoms with Gasteiger partial charge in [-0.1, -0.05) is 12.2 Å². The van der Waals surface area contributed by atoms with E-state index in [1.54, 1.807) is 42.5 Å². The number of Topliss-reactive ketones (excluding diaryl/α,β-unsaturated/α-hetero) is 1. The van der Waals surface area contributed by atoms with Crippen LogP contribution in [0.5, 0.6) is 0 Å². The molecule has 4 aromatic rings. The number of hydrogen-bond donors (Lipinski definition) is 1. The summed E-state index contributed by atoms with van der Waals surface area (Å²) < 4.78 is 13.8. The number of fused-ring (bicyclic) bond motifs is 4. The van der Waals surface area contributed by atoms with Crippen LogP contribution in [-0.2, 0) is 32.2 Å². The number of carbonyl (C=O) groups excluding carboxylic acids is 3. The first-order valence-electron chi connectivity index (χ1n) is 15.4. The predicted octanol–water partition coefficient (Wildman–Crippen LogP) is 3.91. The van der Waals surface area contributed by atoms with Gasteiger partial charge in [0.1, 0.15) is 34.5 Å². The number of ketones is 1. The normalized spacial score (nSPS) is 22.9. The van der Waals surface area contributed by atoms with Gasteiger partial charge in [-0.2, -0.15) is 5.10 Å². The fourth-order valence-electron chi connectivity index (χ4n) is 6.52. The molecule has 1 N–H and O–H groups in total. The molecule has 2 amide bonds. The smallest absolute Gasteiger partial charge is 0.248 e. The second kappa shape index (κ2) is 12.7. The van der Waals surface area contributed by atoms with Gasteiger partial charge in [0.05, 0.1) is 43.8 Å². The molecule has 1 saturated carbocycles. The summed E-state index contributed by atoms with van der Waals surface area (Å²) in [5.74, 6) is 0.365. The van der Waals surface area contributed by atoms with Gasteiger partial charge in [-0.15, -0.1) is 0 Å². The van der Waals surface area contributed by atoms with Gasteiger partial charge in [0.15, 0.2) is 5.78 Å². The van der Waals surface area contributed by atoms with Crippen LogP contribution < -0.4 is 5.32 Å². The van der Waals surface area contributed by atoms with E-state index in [2.05, 4.69) is 46.3 Å². The lowest BCUT2D eigenvalue weighted by atomic mass is 9.89. The molecule has 0 unspecified atom stereocenters. The Hall–Kier alpha value is -4.40. The third-order valence-corrected chi connectivity index (χ3v) is 9.47. The topological polar surface area (TPSA) is 154 Å². The first-order valence-corrected chi connectivity index (χ1v) is 16.2. The van der Waals surface area contributed by atoms with Gasteiger partial charge in [-0.25, -0.2) is 15.0 Å². The quantitative estimate of drug-likeness (QED) is 0.188. The second-order valence-corrected chi connectivity index (χ2v) is 13.2. The molecule has 4 bridgehead atoms. The number of hydrogen-bond acceptors (Lipinski definition) is 10. The Bertz CT molecular complexity index is 1910. The minimum absolute atomic E-state index is 0.167. The SMILES string of the molecule is CC(=O)c1nn(CC(=O)N2C[C@@H]3C[C@]34COCC=CCOCc3cc(Br)nc(c3)NC(=O)[C@@H]2C4)c2cnc(-c3cnc(C)nc3)cc12. The highest BCUT2D eigenvalue weighted by Gasteiger charge is 2.61. The zero-order valence-corrected chi connectivity index (χ0v) is 27.6. The summed E-state index contributed by atoms with van der Waals surface area (Å²) in [6.45, 7) is 5.20. The molecule has 13 nitrogen and oxygen atoms in total. The van der Waals surface area contributed by atoms with E-state index in [-0.39, 0.29) is 41.2 Å². The summed E-state index contributed by atoms with van der Waals surface area (Å²) in [6, 6.07) is 4.62. The molecule has 1 aliphatic carbocycles. The summed E-state index contributed by atoms with van der Waals surface area (Å²) in [5.41, 5.74) is 2.71. The van der Waals surface area contributed by atoms with Crippen molar-refractivity contribution in [1.82, 2.24) is 34.6 Å². The number of rotatable bonds is 4. The number of pyridine rings is 2. The van der Waals surface area contributed by atoms with E-state index in [0.717, 1.165) is 12.0 Å². The molecule has 1 saturated heterocycles. The van der Waals surface area contributed by atoms with Gasteiger partial charge in [0.2, 0.25) is 11.8 Å². The van der Waals surface area contributed by atoms with E-state index in [9.17, 15) is 14.4 Å². The molecule has 0 radical (unpaired) electrons. The van der Waals surface area contributed by atoms with Crippen LogP contribution in [0.4, 0.5) is 5.82 Å². The average molecular weight is 702 g/mol. The lowest BCUT2D eigenvalue weighted by Gasteiger charge is -2.38. The number of ether oxygens (including phenoxy) is 2. The highest BCUT2D eigenvalue weighted by molar-refractivity contribution is 9.10. The van der Waals surface area contributed by atoms with Gasteiger partial charge in [-0.05, 0) is 65.4 Å². The van der Waals surface area contributed by atoms with Crippen molar-refractivity contribution in [3.05, 3.63) is 70.6 Å². The van der Waals surface area contributed by atoms with E-state index in [1.165, 1.54) is 11.6 Å². The van der Waals surface area contributed by atoms with Crippen LogP contribution in [0.25, 0.3) is 22.2 Å². The number of piperidine rings is 1. The van der Waals surface area contributed by atoms with Gasteiger partial charge in [-0.3, -0.25) is 24.0 Å². The van der Waals surface area contributed by atoms with Crippen molar-refractivity contribution in [3.8, 4) is 11.3 Å². The van der Waals surface area contributed by atoms with Crippen LogP contribution in [0, 0.1) is 18.3 Å². The van der Waals surface area contributed by atoms with E-state index in [1.807, 2.05) is 18.2 Å². The van der Waals surface area contributed by atoms with Gasteiger partial charge < -0.3 is 19.7 Å². The summed E-state index contributed by atoms with van der Waals surface area (Å²) in [6.07, 6.45) is 10.1. The van der Waals surface area contributed by atoms with E-state index in [4.69, 9.17) is 9.47 Å². The predicted molar refractivity (Wildman–Crippen MR) is 174 cm³/mol. The number of halogens is 1. The summed E-state index contributed by atoms with van der Waals surface area (Å²) in [5, 5.41) is 8.06. The Balaban J connectivity index is 1.18. The Morgan fingerprint density at radius 2 is 1.85 bits per heavy atom. The Kier molecular flexibility index (Phi) is 8.41. The summed E-state index contributed by atoms with van der Waals surface area (Å²) >= 11 is 3.43. The molecule has 4 aromatic heterocycles. The van der Waals surface area contributed by atoms with Gasteiger partial charge >= 0.3 is 0 Å². The number of anilines is 1. The van der Waals surface area contributed by atoms with Crippen molar-refractivity contribution >= 4 is 50.2 Å². The number of nitrogens with zero attached hydrogens (tertiary/aromatic N) is 7. The molecule has 47 heavy (non-hydrogen) atoms. The Morgan fingerprint density at radius 1 is 1.06 bits per heavy atom. The maximum absolute atomic E-state index is 14.1. The Labute approximate surface area is 278 Å². The molecule has 3 atom stereocenters. The van der Waals surface area contributed by atoms with Crippen LogP contribution in [-0.4, -0.2) is 84.6 Å². The van der Waals surface area contributed by atoms with Crippen LogP contribution in [0.2, 0.25) is 0 Å². The molecule has 14 heteroatoms. The third kappa shape index (κ3) is 6.45. The first kappa shape index (κ1) is 31.2. The minimum atomic E-state index is -0.755. The largest absolute Gasteiger partial charge is 0.377 e. The minimum Gasteiger partial charge on any atom is -0.377 e. The number of nitrogens with one attached hydrogen (secondary N) is 1. The molecule has 2 aliphatic heterocycles. The molecular formula is C33H33BrN8O5. The number of likely N-dealkylation sites (tertiary alicyclic amines) is 1. The maximum Gasteiger partial charge on any atom is 0.248 e. The van der Waals surface area contributed by atoms with Crippen molar-refractivity contribution in [1.29, 1.82) is 0 Å². The highest BCUT2D eigenvalue weighted by Crippen LogP contribution is 2.59. The van der Waals surface area contributed by atoms with E-state index >= 15 is 0 Å². The first-order chi connectivity index (χ1) is 22.7. The Morgan fingerprint density at radius 3 is 2.64 bits per heavy atom. The number of carbonyl (C=O) groups is 3. The number of amides is 2. The number of aryl methyl sites for hydroxylation is 1. The van der Waals surface area contributed by atoms with E-state index in [0.29, 0.717) is 77.8 Å². The lowest BCUT2D eigenvalue weighted by Crippen LogP contribution is -2.54. The van der Waals surface area contributed by atoms with Crippen molar-refractivity contribution in [2.24, 2.45) is 11.3 Å². The van der Waals surface area contributed by atoms with Crippen molar-refractivity contribution in [2.75, 3.05) is 31.7 Å². The molecule has 2 fully saturated rings. The van der Waals surface area contributed by atoms with Crippen LogP contribution >= 0.6 is 15.9 Å². The van der Waals surface area contributed by atoms with Gasteiger partial charge in [0, 0.05) is 42.2 Å². The maximum atomic E-state index is 14.1. The molecule has 0 aromatic carbocycles. The lowest BCUT2D eigenvalue weighted by molar-refractivity contribution is -0.142. The monoisotopic (exact) mass is 700 g/mol.